The zero-order chi connectivity index (χ0) is 13.8. The summed E-state index contributed by atoms with van der Waals surface area (Å²) < 4.78 is 0. The number of aliphatic carboxylic acids is 1. The molecule has 5 nitrogen and oxygen atoms in total. The van der Waals surface area contributed by atoms with Crippen LogP contribution >= 0.6 is 0 Å². The Kier molecular flexibility index (Phi) is 3.85. The van der Waals surface area contributed by atoms with Crippen molar-refractivity contribution >= 4 is 18.0 Å². The second-order valence-electron chi connectivity index (χ2n) is 4.45. The summed E-state index contributed by atoms with van der Waals surface area (Å²) in [5, 5.41) is 18.1. The van der Waals surface area contributed by atoms with Gasteiger partial charge in [0.15, 0.2) is 0 Å². The number of aromatic hydroxyl groups is 1. The van der Waals surface area contributed by atoms with Crippen LogP contribution in [0.3, 0.4) is 0 Å². The van der Waals surface area contributed by atoms with Gasteiger partial charge in [-0.3, -0.25) is 4.79 Å². The molecule has 1 fully saturated rings. The van der Waals surface area contributed by atoms with Gasteiger partial charge < -0.3 is 15.1 Å². The maximum atomic E-state index is 11.9. The maximum Gasteiger partial charge on any atom is 0.326 e. The number of carboxylic acid groups (broad SMARTS) is 1. The van der Waals surface area contributed by atoms with Crippen LogP contribution in [0.25, 0.3) is 6.08 Å². The molecule has 2 rings (SSSR count). The van der Waals surface area contributed by atoms with Crippen molar-refractivity contribution in [1.29, 1.82) is 0 Å². The molecule has 1 unspecified atom stereocenters. The number of hydrogen-bond acceptors (Lipinski definition) is 3. The molecule has 1 aromatic carbocycles. The standard InChI is InChI=1S/C14H15NO4/c16-11-6-3-10(4-7-11)5-8-13(17)15-9-1-2-12(15)14(18)19/h3-8,12,16H,1-2,9H2,(H,18,19)/b8-5+. The van der Waals surface area contributed by atoms with Gasteiger partial charge in [-0.05, 0) is 36.6 Å². The summed E-state index contributed by atoms with van der Waals surface area (Å²) in [5.41, 5.74) is 0.775. The second kappa shape index (κ2) is 5.56. The van der Waals surface area contributed by atoms with Crippen molar-refractivity contribution in [3.8, 4) is 5.75 Å². The van der Waals surface area contributed by atoms with E-state index >= 15 is 0 Å². The molecule has 0 aliphatic carbocycles. The first-order valence-electron chi connectivity index (χ1n) is 6.08. The zero-order valence-corrected chi connectivity index (χ0v) is 10.3. The van der Waals surface area contributed by atoms with Crippen LogP contribution in [-0.2, 0) is 9.59 Å². The van der Waals surface area contributed by atoms with E-state index in [0.29, 0.717) is 13.0 Å². The molecule has 1 aliphatic rings. The number of phenols is 1. The molecule has 0 spiro atoms. The van der Waals surface area contributed by atoms with E-state index in [-0.39, 0.29) is 11.7 Å². The number of phenolic OH excluding ortho intramolecular Hbond substituents is 1. The lowest BCUT2D eigenvalue weighted by Gasteiger charge is -2.19. The highest BCUT2D eigenvalue weighted by atomic mass is 16.4. The van der Waals surface area contributed by atoms with Crippen molar-refractivity contribution in [2.45, 2.75) is 18.9 Å². The Morgan fingerprint density at radius 3 is 2.58 bits per heavy atom. The summed E-state index contributed by atoms with van der Waals surface area (Å²) in [6, 6.07) is 5.70. The minimum atomic E-state index is -0.955. The third kappa shape index (κ3) is 3.13. The fraction of sp³-hybridized carbons (Fsp3) is 0.286. The van der Waals surface area contributed by atoms with Crippen LogP contribution in [0.5, 0.6) is 5.75 Å². The van der Waals surface area contributed by atoms with Crippen LogP contribution < -0.4 is 0 Å². The van der Waals surface area contributed by atoms with E-state index in [2.05, 4.69) is 0 Å². The molecule has 0 saturated carbocycles. The molecule has 0 aromatic heterocycles. The summed E-state index contributed by atoms with van der Waals surface area (Å²) in [6.45, 7) is 0.482. The van der Waals surface area contributed by atoms with Crippen molar-refractivity contribution in [3.05, 3.63) is 35.9 Å². The van der Waals surface area contributed by atoms with Crippen molar-refractivity contribution < 1.29 is 19.8 Å². The lowest BCUT2D eigenvalue weighted by Crippen LogP contribution is -2.39. The minimum Gasteiger partial charge on any atom is -0.508 e. The van der Waals surface area contributed by atoms with Gasteiger partial charge in [0.25, 0.3) is 0 Å². The SMILES string of the molecule is O=C(O)C1CCCN1C(=O)/C=C/c1ccc(O)cc1. The molecule has 100 valence electrons. The number of likely N-dealkylation sites (tertiary alicyclic amines) is 1. The molecule has 5 heteroatoms. The molecule has 2 N–H and O–H groups in total. The van der Waals surface area contributed by atoms with Crippen molar-refractivity contribution in [2.24, 2.45) is 0 Å². The number of benzene rings is 1. The Labute approximate surface area is 110 Å². The van der Waals surface area contributed by atoms with E-state index in [1.807, 2.05) is 0 Å². The molecule has 19 heavy (non-hydrogen) atoms. The van der Waals surface area contributed by atoms with Crippen molar-refractivity contribution in [2.75, 3.05) is 6.54 Å². The monoisotopic (exact) mass is 261 g/mol. The average Bonchev–Trinajstić information content (AvgIpc) is 2.87. The molecular formula is C14H15NO4. The molecule has 0 bridgehead atoms. The first-order chi connectivity index (χ1) is 9.08. The highest BCUT2D eigenvalue weighted by Gasteiger charge is 2.32. The second-order valence-corrected chi connectivity index (χ2v) is 4.45. The number of amides is 1. The Morgan fingerprint density at radius 1 is 1.26 bits per heavy atom. The van der Waals surface area contributed by atoms with Crippen LogP contribution in [0.15, 0.2) is 30.3 Å². The van der Waals surface area contributed by atoms with Crippen LogP contribution in [-0.4, -0.2) is 39.6 Å². The summed E-state index contributed by atoms with van der Waals surface area (Å²) in [7, 11) is 0. The predicted molar refractivity (Wildman–Crippen MR) is 69.5 cm³/mol. The lowest BCUT2D eigenvalue weighted by molar-refractivity contribution is -0.146. The Balaban J connectivity index is 2.04. The number of carbonyl (C=O) groups excluding carboxylic acids is 1. The van der Waals surface area contributed by atoms with Gasteiger partial charge >= 0.3 is 5.97 Å². The zero-order valence-electron chi connectivity index (χ0n) is 10.3. The van der Waals surface area contributed by atoms with E-state index in [1.54, 1.807) is 18.2 Å². The minimum absolute atomic E-state index is 0.161. The molecular weight excluding hydrogens is 246 g/mol. The fourth-order valence-corrected chi connectivity index (χ4v) is 2.14. The summed E-state index contributed by atoms with van der Waals surface area (Å²) >= 11 is 0. The third-order valence-electron chi connectivity index (χ3n) is 3.13. The first-order valence-corrected chi connectivity index (χ1v) is 6.08. The molecule has 1 saturated heterocycles. The van der Waals surface area contributed by atoms with Gasteiger partial charge in [0.2, 0.25) is 5.91 Å². The average molecular weight is 261 g/mol. The lowest BCUT2D eigenvalue weighted by atomic mass is 10.2. The van der Waals surface area contributed by atoms with Gasteiger partial charge in [-0.25, -0.2) is 4.79 Å². The molecule has 1 amide bonds. The topological polar surface area (TPSA) is 77.8 Å². The van der Waals surface area contributed by atoms with Gasteiger partial charge in [-0.2, -0.15) is 0 Å². The van der Waals surface area contributed by atoms with Gasteiger partial charge in [0, 0.05) is 12.6 Å². The Hall–Kier alpha value is -2.30. The van der Waals surface area contributed by atoms with Crippen molar-refractivity contribution in [1.82, 2.24) is 4.90 Å². The predicted octanol–water partition coefficient (Wildman–Crippen LogP) is 1.48. The Bertz CT molecular complexity index is 507. The number of hydrogen-bond donors (Lipinski definition) is 2. The number of carbonyl (C=O) groups is 2. The number of rotatable bonds is 3. The van der Waals surface area contributed by atoms with E-state index in [1.165, 1.54) is 23.1 Å². The smallest absolute Gasteiger partial charge is 0.326 e. The molecule has 1 aliphatic heterocycles. The normalized spacial score (nSPS) is 18.9. The largest absolute Gasteiger partial charge is 0.508 e. The first kappa shape index (κ1) is 13.1. The number of nitrogens with zero attached hydrogens (tertiary/aromatic N) is 1. The van der Waals surface area contributed by atoms with E-state index < -0.39 is 12.0 Å². The molecule has 1 atom stereocenters. The molecule has 0 radical (unpaired) electrons. The quantitative estimate of drug-likeness (QED) is 0.808. The van der Waals surface area contributed by atoms with Gasteiger partial charge in [-0.1, -0.05) is 12.1 Å². The van der Waals surface area contributed by atoms with Gasteiger partial charge in [-0.15, -0.1) is 0 Å². The van der Waals surface area contributed by atoms with Crippen LogP contribution in [0.1, 0.15) is 18.4 Å². The Morgan fingerprint density at radius 2 is 1.95 bits per heavy atom. The van der Waals surface area contributed by atoms with Gasteiger partial charge in [0.05, 0.1) is 0 Å². The summed E-state index contributed by atoms with van der Waals surface area (Å²) in [6.07, 6.45) is 4.20. The van der Waals surface area contributed by atoms with E-state index in [9.17, 15) is 9.59 Å². The van der Waals surface area contributed by atoms with Crippen LogP contribution in [0.4, 0.5) is 0 Å². The molecule has 1 aromatic rings. The number of carboxylic acids is 1. The fourth-order valence-electron chi connectivity index (χ4n) is 2.14. The maximum absolute atomic E-state index is 11.9. The van der Waals surface area contributed by atoms with Crippen LogP contribution in [0.2, 0.25) is 0 Å². The highest BCUT2D eigenvalue weighted by molar-refractivity contribution is 5.94. The highest BCUT2D eigenvalue weighted by Crippen LogP contribution is 2.18. The van der Waals surface area contributed by atoms with Gasteiger partial charge in [0.1, 0.15) is 11.8 Å². The van der Waals surface area contributed by atoms with Crippen LogP contribution in [0, 0.1) is 0 Å². The molecule has 1 heterocycles. The summed E-state index contributed by atoms with van der Waals surface area (Å²) in [5.74, 6) is -1.09. The van der Waals surface area contributed by atoms with E-state index in [0.717, 1.165) is 12.0 Å². The van der Waals surface area contributed by atoms with Crippen molar-refractivity contribution in [3.63, 3.8) is 0 Å². The third-order valence-corrected chi connectivity index (χ3v) is 3.13. The summed E-state index contributed by atoms with van der Waals surface area (Å²) in [4.78, 5) is 24.3. The van der Waals surface area contributed by atoms with E-state index in [4.69, 9.17) is 10.2 Å².